The van der Waals surface area contributed by atoms with Gasteiger partial charge in [0.05, 0.1) is 32.0 Å². The fourth-order valence-electron chi connectivity index (χ4n) is 3.42. The number of rotatable bonds is 3. The van der Waals surface area contributed by atoms with Crippen LogP contribution in [0.5, 0.6) is 5.75 Å². The summed E-state index contributed by atoms with van der Waals surface area (Å²) in [5.74, 6) is 1.01. The number of methoxy groups -OCH3 is 1. The van der Waals surface area contributed by atoms with Crippen molar-refractivity contribution < 1.29 is 4.74 Å². The molecule has 1 unspecified atom stereocenters. The van der Waals surface area contributed by atoms with E-state index in [0.717, 1.165) is 52.7 Å². The number of aromatic nitrogens is 2. The third kappa shape index (κ3) is 3.07. The predicted molar refractivity (Wildman–Crippen MR) is 102 cm³/mol. The molecule has 0 N–H and O–H groups in total. The number of halogens is 1. The molecule has 4 rings (SSSR count). The van der Waals surface area contributed by atoms with E-state index in [0.29, 0.717) is 0 Å². The van der Waals surface area contributed by atoms with Gasteiger partial charge >= 0.3 is 0 Å². The maximum absolute atomic E-state index is 6.16. The largest absolute Gasteiger partial charge is 0.497 e. The Hall–Kier alpha value is -2.20. The second-order valence-electron chi connectivity index (χ2n) is 6.39. The van der Waals surface area contributed by atoms with E-state index in [1.165, 1.54) is 5.56 Å². The summed E-state index contributed by atoms with van der Waals surface area (Å²) < 4.78 is 7.29. The molecule has 0 saturated carbocycles. The van der Waals surface area contributed by atoms with Crippen molar-refractivity contribution >= 4 is 19.4 Å². The lowest BCUT2D eigenvalue weighted by Crippen LogP contribution is -2.08. The molecule has 0 amide bonds. The Balaban J connectivity index is 1.88. The lowest BCUT2D eigenvalue weighted by molar-refractivity contribution is 0.414. The molecule has 0 bridgehead atoms. The first-order chi connectivity index (χ1) is 12.2. The van der Waals surface area contributed by atoms with Crippen molar-refractivity contribution in [3.63, 3.8) is 0 Å². The first-order valence-electron chi connectivity index (χ1n) is 8.42. The van der Waals surface area contributed by atoms with Gasteiger partial charge in [0.2, 0.25) is 0 Å². The maximum Gasteiger partial charge on any atom is 0.119 e. The van der Waals surface area contributed by atoms with Crippen LogP contribution in [-0.2, 0) is 12.8 Å². The molecule has 2 radical (unpaired) electrons. The molecule has 0 saturated heterocycles. The zero-order valence-electron chi connectivity index (χ0n) is 14.1. The van der Waals surface area contributed by atoms with Crippen LogP contribution in [0.3, 0.4) is 0 Å². The molecule has 2 aromatic carbocycles. The fraction of sp³-hybridized carbons (Fsp3) is 0.250. The Morgan fingerprint density at radius 3 is 2.52 bits per heavy atom. The summed E-state index contributed by atoms with van der Waals surface area (Å²) >= 11 is 6.07. The average Bonchev–Trinajstić information content (AvgIpc) is 3.01. The molecule has 25 heavy (non-hydrogen) atoms. The van der Waals surface area contributed by atoms with Gasteiger partial charge in [0.1, 0.15) is 5.75 Å². The zero-order chi connectivity index (χ0) is 17.4. The van der Waals surface area contributed by atoms with E-state index in [-0.39, 0.29) is 5.82 Å². The standard InChI is InChI=1S/C20H18BClN2O/c1-25-17-9-7-16(8-10-17)24-20(13-2-5-15(22)6-3-13)18-11-4-14(21)12-19(18)23-24/h2-3,5-10,14H,4,11-12H2,1H3. The van der Waals surface area contributed by atoms with E-state index in [9.17, 15) is 0 Å². The number of fused-ring (bicyclic) bond motifs is 1. The van der Waals surface area contributed by atoms with Gasteiger partial charge in [-0.2, -0.15) is 5.10 Å². The highest BCUT2D eigenvalue weighted by Gasteiger charge is 2.25. The van der Waals surface area contributed by atoms with Crippen LogP contribution in [0.2, 0.25) is 10.8 Å². The minimum Gasteiger partial charge on any atom is -0.497 e. The van der Waals surface area contributed by atoms with Gasteiger partial charge < -0.3 is 4.74 Å². The van der Waals surface area contributed by atoms with Crippen molar-refractivity contribution in [2.75, 3.05) is 7.11 Å². The molecular weight excluding hydrogens is 330 g/mol. The third-order valence-electron chi connectivity index (χ3n) is 4.72. The summed E-state index contributed by atoms with van der Waals surface area (Å²) in [4.78, 5) is 0. The fourth-order valence-corrected chi connectivity index (χ4v) is 3.54. The molecule has 1 aliphatic rings. The second-order valence-corrected chi connectivity index (χ2v) is 6.83. The molecule has 3 nitrogen and oxygen atoms in total. The van der Waals surface area contributed by atoms with Crippen LogP contribution < -0.4 is 4.74 Å². The van der Waals surface area contributed by atoms with Crippen molar-refractivity contribution in [2.45, 2.75) is 25.1 Å². The average molecular weight is 349 g/mol. The van der Waals surface area contributed by atoms with Crippen LogP contribution in [-0.4, -0.2) is 24.7 Å². The minimum atomic E-state index is 0.185. The monoisotopic (exact) mass is 348 g/mol. The minimum absolute atomic E-state index is 0.185. The Labute approximate surface area is 154 Å². The first kappa shape index (κ1) is 16.3. The van der Waals surface area contributed by atoms with Crippen LogP contribution in [0.4, 0.5) is 0 Å². The van der Waals surface area contributed by atoms with E-state index in [4.69, 9.17) is 29.3 Å². The van der Waals surface area contributed by atoms with E-state index in [1.54, 1.807) is 7.11 Å². The van der Waals surface area contributed by atoms with Crippen molar-refractivity contribution in [3.05, 3.63) is 64.8 Å². The Kier molecular flexibility index (Phi) is 4.30. The van der Waals surface area contributed by atoms with E-state index < -0.39 is 0 Å². The molecule has 1 atom stereocenters. The lowest BCUT2D eigenvalue weighted by atomic mass is 9.74. The highest BCUT2D eigenvalue weighted by molar-refractivity contribution is 6.30. The molecule has 3 aromatic rings. The highest BCUT2D eigenvalue weighted by atomic mass is 35.5. The van der Waals surface area contributed by atoms with Gasteiger partial charge in [-0.15, -0.1) is 0 Å². The SMILES string of the molecule is [B]C1CCc2c(nn(-c3ccc(OC)cc3)c2-c2ccc(Cl)cc2)C1. The van der Waals surface area contributed by atoms with E-state index in [2.05, 4.69) is 0 Å². The summed E-state index contributed by atoms with van der Waals surface area (Å²) in [5.41, 5.74) is 5.64. The van der Waals surface area contributed by atoms with Crippen LogP contribution in [0.25, 0.3) is 16.9 Å². The smallest absolute Gasteiger partial charge is 0.119 e. The summed E-state index contributed by atoms with van der Waals surface area (Å²) in [5, 5.41) is 5.62. The maximum atomic E-state index is 6.16. The normalized spacial score (nSPS) is 16.5. The van der Waals surface area contributed by atoms with Gasteiger partial charge in [-0.3, -0.25) is 0 Å². The summed E-state index contributed by atoms with van der Waals surface area (Å²) in [6.07, 6.45) is 2.76. The van der Waals surface area contributed by atoms with Gasteiger partial charge in [-0.1, -0.05) is 36.0 Å². The quantitative estimate of drug-likeness (QED) is 0.644. The van der Waals surface area contributed by atoms with Crippen LogP contribution >= 0.6 is 11.6 Å². The number of hydrogen-bond donors (Lipinski definition) is 0. The third-order valence-corrected chi connectivity index (χ3v) is 4.97. The summed E-state index contributed by atoms with van der Waals surface area (Å²) in [7, 11) is 7.83. The molecule has 1 aliphatic carbocycles. The highest BCUT2D eigenvalue weighted by Crippen LogP contribution is 2.36. The van der Waals surface area contributed by atoms with Gasteiger partial charge in [-0.05, 0) is 49.2 Å². The van der Waals surface area contributed by atoms with E-state index in [1.807, 2.05) is 53.2 Å². The molecule has 1 aromatic heterocycles. The topological polar surface area (TPSA) is 27.1 Å². The Morgan fingerprint density at radius 2 is 1.84 bits per heavy atom. The molecule has 0 aliphatic heterocycles. The van der Waals surface area contributed by atoms with Gasteiger partial charge in [0, 0.05) is 16.1 Å². The number of benzene rings is 2. The molecule has 1 heterocycles. The first-order valence-corrected chi connectivity index (χ1v) is 8.80. The Bertz CT molecular complexity index is 887. The molecule has 5 heteroatoms. The summed E-state index contributed by atoms with van der Waals surface area (Å²) in [6.45, 7) is 0. The predicted octanol–water partition coefficient (Wildman–Crippen LogP) is 4.65. The number of ether oxygens (including phenoxy) is 1. The van der Waals surface area contributed by atoms with Gasteiger partial charge in [0.15, 0.2) is 0 Å². The van der Waals surface area contributed by atoms with Crippen LogP contribution in [0.15, 0.2) is 48.5 Å². The van der Waals surface area contributed by atoms with Crippen LogP contribution in [0.1, 0.15) is 17.7 Å². The molecular formula is C20H18BClN2O. The zero-order valence-corrected chi connectivity index (χ0v) is 14.8. The van der Waals surface area contributed by atoms with Gasteiger partial charge in [0.25, 0.3) is 0 Å². The van der Waals surface area contributed by atoms with Crippen molar-refractivity contribution in [2.24, 2.45) is 0 Å². The van der Waals surface area contributed by atoms with Crippen molar-refractivity contribution in [1.82, 2.24) is 9.78 Å². The number of hydrogen-bond acceptors (Lipinski definition) is 2. The van der Waals surface area contributed by atoms with Crippen molar-refractivity contribution in [1.29, 1.82) is 0 Å². The second kappa shape index (κ2) is 6.60. The molecule has 0 fully saturated rings. The van der Waals surface area contributed by atoms with Crippen LogP contribution in [0, 0.1) is 0 Å². The van der Waals surface area contributed by atoms with E-state index >= 15 is 0 Å². The number of nitrogens with zero attached hydrogens (tertiary/aromatic N) is 2. The van der Waals surface area contributed by atoms with Gasteiger partial charge in [-0.25, -0.2) is 4.68 Å². The van der Waals surface area contributed by atoms with Crippen molar-refractivity contribution in [3.8, 4) is 22.7 Å². The molecule has 124 valence electrons. The molecule has 0 spiro atoms. The summed E-state index contributed by atoms with van der Waals surface area (Å²) in [6, 6.07) is 15.9. The lowest BCUT2D eigenvalue weighted by Gasteiger charge is -2.18. The Morgan fingerprint density at radius 1 is 1.12 bits per heavy atom.